The second-order valence-electron chi connectivity index (χ2n) is 9.13. The van der Waals surface area contributed by atoms with Crippen LogP contribution in [-0.4, -0.2) is 28.9 Å². The van der Waals surface area contributed by atoms with E-state index >= 15 is 0 Å². The van der Waals surface area contributed by atoms with E-state index in [-0.39, 0.29) is 17.1 Å². The maximum Gasteiger partial charge on any atom is 0.268 e. The number of anilines is 1. The topological polar surface area (TPSA) is 116 Å². The number of aryl methyl sites for hydroxylation is 4. The summed E-state index contributed by atoms with van der Waals surface area (Å²) in [6.07, 6.45) is 1.67. The monoisotopic (exact) mass is 568 g/mol. The lowest BCUT2D eigenvalue weighted by atomic mass is 10.0. The highest BCUT2D eigenvalue weighted by Gasteiger charge is 2.21. The fourth-order valence-electron chi connectivity index (χ4n) is 4.26. The van der Waals surface area contributed by atoms with E-state index in [1.54, 1.807) is 65.2 Å². The van der Waals surface area contributed by atoms with Crippen LogP contribution in [0.3, 0.4) is 0 Å². The Morgan fingerprint density at radius 1 is 1.08 bits per heavy atom. The summed E-state index contributed by atoms with van der Waals surface area (Å²) in [5.74, 6) is 1.09. The Morgan fingerprint density at radius 3 is 2.44 bits per heavy atom. The van der Waals surface area contributed by atoms with Gasteiger partial charge in [-0.2, -0.15) is 0 Å². The molecule has 1 N–H and O–H groups in total. The number of hydrogen-bond acceptors (Lipinski definition) is 8. The Hall–Kier alpha value is -4.03. The molecule has 5 aromatic rings. The molecule has 0 amide bonds. The summed E-state index contributed by atoms with van der Waals surface area (Å²) in [7, 11) is -1.92. The van der Waals surface area contributed by atoms with Crippen LogP contribution in [0.2, 0.25) is 0 Å². The highest BCUT2D eigenvalue weighted by molar-refractivity contribution is 7.92. The average molecular weight is 569 g/mol. The Kier molecular flexibility index (Phi) is 6.77. The number of thiophene rings is 1. The number of nitrogens with one attached hydrogen (secondary N) is 1. The second-order valence-corrected chi connectivity index (χ2v) is 12.2. The van der Waals surface area contributed by atoms with E-state index in [0.717, 1.165) is 0 Å². The molecule has 2 aromatic carbocycles. The van der Waals surface area contributed by atoms with Crippen molar-refractivity contribution >= 4 is 37.1 Å². The van der Waals surface area contributed by atoms with E-state index in [2.05, 4.69) is 14.9 Å². The van der Waals surface area contributed by atoms with Crippen LogP contribution in [0.15, 0.2) is 51.8 Å². The fraction of sp³-hybridized carbons (Fsp3) is 0.222. The van der Waals surface area contributed by atoms with Gasteiger partial charge in [0, 0.05) is 42.4 Å². The number of nitrogens with zero attached hydrogens (tertiary/aromatic N) is 3. The van der Waals surface area contributed by atoms with Crippen LogP contribution < -0.4 is 15.0 Å². The van der Waals surface area contributed by atoms with Crippen LogP contribution in [0.25, 0.3) is 32.0 Å². The third-order valence-electron chi connectivity index (χ3n) is 6.16. The van der Waals surface area contributed by atoms with Gasteiger partial charge in [-0.05, 0) is 68.3 Å². The number of benzene rings is 2. The van der Waals surface area contributed by atoms with Gasteiger partial charge in [-0.3, -0.25) is 9.52 Å². The van der Waals surface area contributed by atoms with Gasteiger partial charge in [0.25, 0.3) is 11.4 Å². The van der Waals surface area contributed by atoms with Crippen molar-refractivity contribution in [3.63, 3.8) is 0 Å². The lowest BCUT2D eigenvalue weighted by Gasteiger charge is -2.18. The zero-order valence-corrected chi connectivity index (χ0v) is 23.5. The maximum atomic E-state index is 14.0. The van der Waals surface area contributed by atoms with Crippen LogP contribution in [0, 0.1) is 26.6 Å². The van der Waals surface area contributed by atoms with Crippen molar-refractivity contribution in [1.82, 2.24) is 14.8 Å². The summed E-state index contributed by atoms with van der Waals surface area (Å²) in [6.45, 7) is 6.72. The Morgan fingerprint density at radius 2 is 1.79 bits per heavy atom. The summed E-state index contributed by atoms with van der Waals surface area (Å²) in [4.78, 5) is 13.7. The molecule has 0 aliphatic rings. The third kappa shape index (κ3) is 5.17. The van der Waals surface area contributed by atoms with Gasteiger partial charge in [-0.25, -0.2) is 12.8 Å². The Balaban J connectivity index is 1.76. The van der Waals surface area contributed by atoms with Gasteiger partial charge in [0.1, 0.15) is 22.0 Å². The van der Waals surface area contributed by atoms with E-state index < -0.39 is 10.0 Å². The molecule has 39 heavy (non-hydrogen) atoms. The molecule has 0 unspecified atom stereocenters. The van der Waals surface area contributed by atoms with Gasteiger partial charge < -0.3 is 13.7 Å². The Bertz CT molecular complexity index is 1880. The number of rotatable bonds is 7. The van der Waals surface area contributed by atoms with Crippen molar-refractivity contribution in [2.75, 3.05) is 10.5 Å². The standard InChI is InChI=1S/C27H25FN4O5S2/c1-6-39(34,35)31-18-7-8-22(37-24-14(2)9-17(28)10-15(24)3)19(11-18)21-13-32(5)27(33)25-20(21)12-23(38-25)26-30-29-16(4)36-26/h7-13,31H,6H2,1-5H3. The fourth-order valence-corrected chi connectivity index (χ4v) is 5.97. The van der Waals surface area contributed by atoms with Gasteiger partial charge in [0.2, 0.25) is 15.9 Å². The highest BCUT2D eigenvalue weighted by atomic mass is 32.2. The van der Waals surface area contributed by atoms with E-state index in [0.29, 0.717) is 66.2 Å². The summed E-state index contributed by atoms with van der Waals surface area (Å²) in [5.41, 5.74) is 2.47. The molecule has 202 valence electrons. The van der Waals surface area contributed by atoms with Crippen LogP contribution >= 0.6 is 11.3 Å². The first-order valence-corrected chi connectivity index (χ1v) is 14.5. The molecule has 3 aromatic heterocycles. The lowest BCUT2D eigenvalue weighted by molar-refractivity contribution is 0.474. The first-order valence-electron chi connectivity index (χ1n) is 12.0. The summed E-state index contributed by atoms with van der Waals surface area (Å²) < 4.78 is 55.1. The predicted octanol–water partition coefficient (Wildman–Crippen LogP) is 5.94. The lowest BCUT2D eigenvalue weighted by Crippen LogP contribution is -2.16. The van der Waals surface area contributed by atoms with E-state index in [1.807, 2.05) is 0 Å². The molecule has 9 nitrogen and oxygen atoms in total. The summed E-state index contributed by atoms with van der Waals surface area (Å²) in [6, 6.07) is 9.46. The molecular formula is C27H25FN4O5S2. The van der Waals surface area contributed by atoms with Crippen molar-refractivity contribution in [2.45, 2.75) is 27.7 Å². The minimum atomic E-state index is -3.56. The molecule has 3 heterocycles. The minimum absolute atomic E-state index is 0.101. The molecule has 0 saturated heterocycles. The minimum Gasteiger partial charge on any atom is -0.456 e. The Labute approximate surface area is 227 Å². The highest BCUT2D eigenvalue weighted by Crippen LogP contribution is 2.43. The van der Waals surface area contributed by atoms with Crippen molar-refractivity contribution in [2.24, 2.45) is 7.05 Å². The number of hydrogen-bond donors (Lipinski definition) is 1. The maximum absolute atomic E-state index is 14.0. The van der Waals surface area contributed by atoms with Crippen molar-refractivity contribution in [3.05, 3.63) is 75.8 Å². The van der Waals surface area contributed by atoms with Crippen LogP contribution in [-0.2, 0) is 17.1 Å². The SMILES string of the molecule is CCS(=O)(=O)Nc1ccc(Oc2c(C)cc(F)cc2C)c(-c2cn(C)c(=O)c3sc(-c4nnc(C)o4)cc23)c1. The normalized spacial score (nSPS) is 11.7. The first-order chi connectivity index (χ1) is 18.5. The molecule has 0 spiro atoms. The number of sulfonamides is 1. The molecule has 12 heteroatoms. The van der Waals surface area contributed by atoms with Gasteiger partial charge in [0.05, 0.1) is 10.6 Å². The number of ether oxygens (including phenoxy) is 1. The molecule has 0 saturated carbocycles. The first kappa shape index (κ1) is 26.6. The van der Waals surface area contributed by atoms with Crippen LogP contribution in [0.4, 0.5) is 10.1 Å². The molecular weight excluding hydrogens is 543 g/mol. The number of halogens is 1. The van der Waals surface area contributed by atoms with Gasteiger partial charge in [-0.1, -0.05) is 0 Å². The van der Waals surface area contributed by atoms with Crippen molar-refractivity contribution in [3.8, 4) is 33.4 Å². The van der Waals surface area contributed by atoms with Crippen LogP contribution in [0.5, 0.6) is 11.5 Å². The van der Waals surface area contributed by atoms with E-state index in [4.69, 9.17) is 9.15 Å². The molecule has 0 radical (unpaired) electrons. The zero-order valence-electron chi connectivity index (χ0n) is 21.8. The molecule has 0 fully saturated rings. The van der Waals surface area contributed by atoms with Crippen LogP contribution in [0.1, 0.15) is 23.9 Å². The van der Waals surface area contributed by atoms with Gasteiger partial charge in [0.15, 0.2) is 0 Å². The smallest absolute Gasteiger partial charge is 0.268 e. The average Bonchev–Trinajstić information content (AvgIpc) is 3.51. The molecule has 0 aliphatic carbocycles. The summed E-state index contributed by atoms with van der Waals surface area (Å²) in [5, 5.41) is 8.58. The van der Waals surface area contributed by atoms with Gasteiger partial charge >= 0.3 is 0 Å². The van der Waals surface area contributed by atoms with Gasteiger partial charge in [-0.15, -0.1) is 21.5 Å². The molecule has 5 rings (SSSR count). The van der Waals surface area contributed by atoms with Crippen molar-refractivity contribution in [1.29, 1.82) is 0 Å². The number of aromatic nitrogens is 3. The van der Waals surface area contributed by atoms with E-state index in [9.17, 15) is 17.6 Å². The van der Waals surface area contributed by atoms with Crippen molar-refractivity contribution < 1.29 is 22.0 Å². The quantitative estimate of drug-likeness (QED) is 0.258. The number of fused-ring (bicyclic) bond motifs is 1. The van der Waals surface area contributed by atoms with E-state index in [1.165, 1.54) is 28.0 Å². The summed E-state index contributed by atoms with van der Waals surface area (Å²) >= 11 is 1.22. The zero-order chi connectivity index (χ0) is 28.1. The second kappa shape index (κ2) is 9.93. The number of pyridine rings is 1. The molecule has 0 atom stereocenters. The predicted molar refractivity (Wildman–Crippen MR) is 150 cm³/mol. The molecule has 0 bridgehead atoms. The third-order valence-corrected chi connectivity index (χ3v) is 8.57. The largest absolute Gasteiger partial charge is 0.456 e. The molecule has 0 aliphatic heterocycles.